The van der Waals surface area contributed by atoms with Crippen molar-refractivity contribution < 1.29 is 4.79 Å². The molecule has 1 amide bonds. The number of anilines is 1. The van der Waals surface area contributed by atoms with Crippen LogP contribution in [0.1, 0.15) is 13.8 Å². The molecule has 1 heterocycles. The molecule has 1 aromatic rings. The van der Waals surface area contributed by atoms with Gasteiger partial charge in [0.05, 0.1) is 5.69 Å². The lowest BCUT2D eigenvalue weighted by molar-refractivity contribution is -0.116. The molecule has 6 heteroatoms. The molecule has 0 spiro atoms. The molecular formula is C15H22BrN3OS. The van der Waals surface area contributed by atoms with Crippen LogP contribution in [-0.4, -0.2) is 53.5 Å². The number of para-hydroxylation sites is 1. The number of hydrogen-bond donors (Lipinski definition) is 0. The second-order valence-electron chi connectivity index (χ2n) is 4.80. The lowest BCUT2D eigenvalue weighted by atomic mass is 10.3. The van der Waals surface area contributed by atoms with Gasteiger partial charge >= 0.3 is 0 Å². The highest BCUT2D eigenvalue weighted by atomic mass is 79.9. The Morgan fingerprint density at radius 1 is 1.19 bits per heavy atom. The molecule has 0 atom stereocenters. The number of benzene rings is 1. The van der Waals surface area contributed by atoms with Crippen LogP contribution < -0.4 is 4.90 Å². The summed E-state index contributed by atoms with van der Waals surface area (Å²) in [6.07, 6.45) is 0. The first-order chi connectivity index (χ1) is 9.67. The molecule has 116 valence electrons. The van der Waals surface area contributed by atoms with E-state index in [1.807, 2.05) is 35.2 Å². The summed E-state index contributed by atoms with van der Waals surface area (Å²) in [6, 6.07) is 9.61. The smallest absolute Gasteiger partial charge is 0.252 e. The molecule has 1 fully saturated rings. The molecule has 1 aliphatic rings. The number of amides is 1. The predicted octanol–water partition coefficient (Wildman–Crippen LogP) is 2.54. The van der Waals surface area contributed by atoms with Gasteiger partial charge in [0.2, 0.25) is 0 Å². The number of nitrogens with zero attached hydrogens (tertiary/aromatic N) is 3. The van der Waals surface area contributed by atoms with Crippen LogP contribution in [0.5, 0.6) is 0 Å². The fraction of sp³-hybridized carbons (Fsp3) is 0.467. The van der Waals surface area contributed by atoms with Crippen molar-refractivity contribution in [2.45, 2.75) is 13.8 Å². The van der Waals surface area contributed by atoms with Gasteiger partial charge < -0.3 is 9.80 Å². The Morgan fingerprint density at radius 2 is 1.81 bits per heavy atom. The van der Waals surface area contributed by atoms with Gasteiger partial charge in [0.1, 0.15) is 6.54 Å². The van der Waals surface area contributed by atoms with Crippen LogP contribution >= 0.6 is 29.2 Å². The Hall–Kier alpha value is -0.980. The number of carbonyl (C=O) groups is 1. The van der Waals surface area contributed by atoms with E-state index in [1.165, 1.54) is 0 Å². The largest absolute Gasteiger partial charge is 0.338 e. The number of thiocarbonyl (C=S) groups is 1. The Morgan fingerprint density at radius 3 is 2.38 bits per heavy atom. The molecule has 21 heavy (non-hydrogen) atoms. The molecule has 1 aromatic carbocycles. The normalized spacial score (nSPS) is 14.8. The zero-order chi connectivity index (χ0) is 14.5. The van der Waals surface area contributed by atoms with Crippen molar-refractivity contribution in [1.82, 2.24) is 9.80 Å². The molecule has 0 radical (unpaired) electrons. The van der Waals surface area contributed by atoms with Gasteiger partial charge in [0.25, 0.3) is 5.91 Å². The molecule has 0 aromatic heterocycles. The molecular weight excluding hydrogens is 350 g/mol. The van der Waals surface area contributed by atoms with Crippen LogP contribution in [0.3, 0.4) is 0 Å². The Balaban J connectivity index is 0.00000220. The number of halogens is 1. The van der Waals surface area contributed by atoms with E-state index in [0.29, 0.717) is 11.7 Å². The average molecular weight is 372 g/mol. The highest BCUT2D eigenvalue weighted by Crippen LogP contribution is 2.20. The Kier molecular flexibility index (Phi) is 7.28. The summed E-state index contributed by atoms with van der Waals surface area (Å²) in [4.78, 5) is 18.1. The molecule has 1 aliphatic heterocycles. The van der Waals surface area contributed by atoms with Crippen LogP contribution in [0.15, 0.2) is 30.3 Å². The van der Waals surface area contributed by atoms with E-state index in [2.05, 4.69) is 18.7 Å². The highest BCUT2D eigenvalue weighted by molar-refractivity contribution is 8.93. The molecule has 0 saturated carbocycles. The second-order valence-corrected chi connectivity index (χ2v) is 5.16. The summed E-state index contributed by atoms with van der Waals surface area (Å²) in [7, 11) is 0. The summed E-state index contributed by atoms with van der Waals surface area (Å²) in [5.41, 5.74) is 0.854. The number of rotatable bonds is 6. The zero-order valence-corrected chi connectivity index (χ0v) is 15.0. The van der Waals surface area contributed by atoms with Crippen LogP contribution in [0.4, 0.5) is 5.69 Å². The van der Waals surface area contributed by atoms with E-state index >= 15 is 0 Å². The number of hydrogen-bond acceptors (Lipinski definition) is 3. The summed E-state index contributed by atoms with van der Waals surface area (Å²) in [5, 5.41) is 0.619. The van der Waals surface area contributed by atoms with Crippen LogP contribution in [-0.2, 0) is 4.79 Å². The van der Waals surface area contributed by atoms with E-state index in [0.717, 1.165) is 31.9 Å². The van der Waals surface area contributed by atoms with Crippen molar-refractivity contribution in [1.29, 1.82) is 0 Å². The van der Waals surface area contributed by atoms with Gasteiger partial charge in [0.15, 0.2) is 5.11 Å². The molecule has 4 nitrogen and oxygen atoms in total. The number of likely N-dealkylation sites (N-methyl/N-ethyl adjacent to an activating group) is 1. The van der Waals surface area contributed by atoms with E-state index < -0.39 is 0 Å². The average Bonchev–Trinajstić information content (AvgIpc) is 2.75. The topological polar surface area (TPSA) is 26.8 Å². The molecule has 0 aliphatic carbocycles. The summed E-state index contributed by atoms with van der Waals surface area (Å²) >= 11 is 5.46. The highest BCUT2D eigenvalue weighted by Gasteiger charge is 2.33. The fourth-order valence-electron chi connectivity index (χ4n) is 2.36. The summed E-state index contributed by atoms with van der Waals surface area (Å²) in [6.45, 7) is 8.45. The van der Waals surface area contributed by atoms with Crippen molar-refractivity contribution in [2.24, 2.45) is 0 Å². The van der Waals surface area contributed by atoms with Crippen molar-refractivity contribution in [3.05, 3.63) is 30.3 Å². The monoisotopic (exact) mass is 371 g/mol. The maximum absolute atomic E-state index is 12.2. The van der Waals surface area contributed by atoms with Crippen molar-refractivity contribution in [3.63, 3.8) is 0 Å². The molecule has 0 unspecified atom stereocenters. The minimum absolute atomic E-state index is 0. The standard InChI is InChI=1S/C15H21N3OS.BrH/c1-3-16(4-2)10-11-17-12-14(19)18(15(17)20)13-8-6-5-7-9-13;/h5-9H,3-4,10-12H2,1-2H3;1H. The third-order valence-electron chi connectivity index (χ3n) is 3.63. The predicted molar refractivity (Wildman–Crippen MR) is 96.2 cm³/mol. The van der Waals surface area contributed by atoms with Gasteiger partial charge in [-0.2, -0.15) is 0 Å². The first-order valence-electron chi connectivity index (χ1n) is 7.06. The van der Waals surface area contributed by atoms with Gasteiger partial charge in [-0.3, -0.25) is 9.69 Å². The molecule has 1 saturated heterocycles. The number of carbonyl (C=O) groups excluding carboxylic acids is 1. The molecule has 0 N–H and O–H groups in total. The van der Waals surface area contributed by atoms with E-state index in [1.54, 1.807) is 4.90 Å². The van der Waals surface area contributed by atoms with Crippen molar-refractivity contribution in [3.8, 4) is 0 Å². The molecule has 0 bridgehead atoms. The maximum atomic E-state index is 12.2. The van der Waals surface area contributed by atoms with E-state index in [9.17, 15) is 4.79 Å². The van der Waals surface area contributed by atoms with Crippen LogP contribution in [0.2, 0.25) is 0 Å². The first kappa shape index (κ1) is 18.1. The first-order valence-corrected chi connectivity index (χ1v) is 7.47. The minimum Gasteiger partial charge on any atom is -0.338 e. The lowest BCUT2D eigenvalue weighted by Gasteiger charge is -2.24. The van der Waals surface area contributed by atoms with Crippen molar-refractivity contribution >= 4 is 45.9 Å². The maximum Gasteiger partial charge on any atom is 0.252 e. The quantitative estimate of drug-likeness (QED) is 0.718. The van der Waals surface area contributed by atoms with E-state index in [4.69, 9.17) is 12.2 Å². The van der Waals surface area contributed by atoms with Gasteiger partial charge in [-0.15, -0.1) is 17.0 Å². The van der Waals surface area contributed by atoms with Crippen LogP contribution in [0, 0.1) is 0 Å². The second kappa shape index (κ2) is 8.46. The minimum atomic E-state index is 0. The third-order valence-corrected chi connectivity index (χ3v) is 4.07. The third kappa shape index (κ3) is 4.25. The van der Waals surface area contributed by atoms with Gasteiger partial charge in [-0.05, 0) is 37.4 Å². The van der Waals surface area contributed by atoms with Crippen LogP contribution in [0.25, 0.3) is 0 Å². The van der Waals surface area contributed by atoms with Crippen molar-refractivity contribution in [2.75, 3.05) is 37.6 Å². The summed E-state index contributed by atoms with van der Waals surface area (Å²) < 4.78 is 0. The SMILES string of the molecule is Br.CCN(CC)CCN1CC(=O)N(c2ccccc2)C1=S. The lowest BCUT2D eigenvalue weighted by Crippen LogP contribution is -2.38. The summed E-state index contributed by atoms with van der Waals surface area (Å²) in [5.74, 6) is 0.0562. The zero-order valence-electron chi connectivity index (χ0n) is 12.5. The van der Waals surface area contributed by atoms with E-state index in [-0.39, 0.29) is 22.9 Å². The fourth-order valence-corrected chi connectivity index (χ4v) is 2.72. The van der Waals surface area contributed by atoms with Gasteiger partial charge in [0, 0.05) is 13.1 Å². The van der Waals surface area contributed by atoms with Gasteiger partial charge in [-0.25, -0.2) is 0 Å². The Bertz CT molecular complexity index is 479. The Labute approximate surface area is 142 Å². The molecule has 2 rings (SSSR count). The van der Waals surface area contributed by atoms with Gasteiger partial charge in [-0.1, -0.05) is 32.0 Å².